The molecule has 0 radical (unpaired) electrons. The van der Waals surface area contributed by atoms with Gasteiger partial charge in [0.1, 0.15) is 5.75 Å². The van der Waals surface area contributed by atoms with E-state index in [-0.39, 0.29) is 5.54 Å². The molecule has 3 rings (SSSR count). The van der Waals surface area contributed by atoms with Crippen LogP contribution in [0.4, 0.5) is 0 Å². The summed E-state index contributed by atoms with van der Waals surface area (Å²) < 4.78 is 6.06. The topological polar surface area (TPSA) is 47.6 Å². The molecule has 3 nitrogen and oxygen atoms in total. The summed E-state index contributed by atoms with van der Waals surface area (Å²) in [7, 11) is 0. The molecular weight excluding hydrogens is 280 g/mol. The number of hydrogen-bond donors (Lipinski definition) is 1. The summed E-state index contributed by atoms with van der Waals surface area (Å²) in [6.45, 7) is 2.94. The lowest BCUT2D eigenvalue weighted by Crippen LogP contribution is -2.32. The van der Waals surface area contributed by atoms with Crippen LogP contribution in [0.3, 0.4) is 0 Å². The van der Waals surface area contributed by atoms with E-state index in [1.165, 1.54) is 30.4 Å². The van der Waals surface area contributed by atoms with E-state index in [4.69, 9.17) is 15.5 Å². The first-order valence-electron chi connectivity index (χ1n) is 7.92. The lowest BCUT2D eigenvalue weighted by Gasteiger charge is -2.35. The number of aryl methyl sites for hydroxylation is 1. The van der Waals surface area contributed by atoms with Crippen molar-refractivity contribution in [2.24, 2.45) is 10.7 Å². The highest BCUT2D eigenvalue weighted by Gasteiger charge is 2.36. The van der Waals surface area contributed by atoms with Crippen molar-refractivity contribution < 1.29 is 4.74 Å². The predicted octanol–water partition coefficient (Wildman–Crippen LogP) is 3.98. The zero-order chi connectivity index (χ0) is 14.7. The number of nitrogens with two attached hydrogens (primary N) is 1. The maximum atomic E-state index is 6.07. The van der Waals surface area contributed by atoms with Crippen LogP contribution in [-0.2, 0) is 5.54 Å². The molecule has 0 bridgehead atoms. The van der Waals surface area contributed by atoms with Crippen LogP contribution >= 0.6 is 11.8 Å². The van der Waals surface area contributed by atoms with E-state index in [1.54, 1.807) is 11.8 Å². The molecule has 2 heterocycles. The maximum absolute atomic E-state index is 6.07. The van der Waals surface area contributed by atoms with Crippen LogP contribution < -0.4 is 10.5 Å². The van der Waals surface area contributed by atoms with Crippen molar-refractivity contribution in [3.63, 3.8) is 0 Å². The Labute approximate surface area is 131 Å². The number of benzene rings is 1. The largest absolute Gasteiger partial charge is 0.493 e. The first-order valence-corrected chi connectivity index (χ1v) is 8.90. The summed E-state index contributed by atoms with van der Waals surface area (Å²) in [5.41, 5.74) is 8.40. The molecule has 1 aromatic carbocycles. The number of amidine groups is 1. The highest BCUT2D eigenvalue weighted by molar-refractivity contribution is 8.13. The molecule has 2 aliphatic heterocycles. The predicted molar refractivity (Wildman–Crippen MR) is 90.1 cm³/mol. The van der Waals surface area contributed by atoms with Crippen molar-refractivity contribution >= 4 is 16.9 Å². The Kier molecular flexibility index (Phi) is 4.43. The molecule has 0 saturated heterocycles. The second-order valence-corrected chi connectivity index (χ2v) is 7.21. The fourth-order valence-corrected chi connectivity index (χ4v) is 4.21. The van der Waals surface area contributed by atoms with Crippen molar-refractivity contribution in [3.05, 3.63) is 29.3 Å². The number of nitrogens with zero attached hydrogens (tertiary/aromatic N) is 1. The fourth-order valence-electron chi connectivity index (χ4n) is 3.32. The van der Waals surface area contributed by atoms with Crippen LogP contribution in [0.15, 0.2) is 23.2 Å². The summed E-state index contributed by atoms with van der Waals surface area (Å²) in [4.78, 5) is 4.91. The Balaban J connectivity index is 2.08. The molecule has 114 valence electrons. The van der Waals surface area contributed by atoms with Gasteiger partial charge in [0.2, 0.25) is 0 Å². The van der Waals surface area contributed by atoms with E-state index in [2.05, 4.69) is 25.1 Å². The average Bonchev–Trinajstić information content (AvgIpc) is 2.47. The summed E-state index contributed by atoms with van der Waals surface area (Å²) in [5.74, 6) is 2.05. The number of rotatable bonds is 0. The van der Waals surface area contributed by atoms with Gasteiger partial charge in [0.05, 0.1) is 12.1 Å². The molecule has 0 aliphatic carbocycles. The summed E-state index contributed by atoms with van der Waals surface area (Å²) in [5, 5.41) is 0.728. The maximum Gasteiger partial charge on any atom is 0.154 e. The first kappa shape index (κ1) is 14.8. The third kappa shape index (κ3) is 3.20. The molecule has 21 heavy (non-hydrogen) atoms. The van der Waals surface area contributed by atoms with E-state index in [9.17, 15) is 0 Å². The number of thioether (sulfide) groups is 1. The number of fused-ring (bicyclic) bond motifs is 2. The Bertz CT molecular complexity index is 544. The van der Waals surface area contributed by atoms with Crippen molar-refractivity contribution in [1.29, 1.82) is 0 Å². The molecule has 2 N–H and O–H groups in total. The highest BCUT2D eigenvalue weighted by Crippen LogP contribution is 2.44. The average molecular weight is 304 g/mol. The Morgan fingerprint density at radius 2 is 2.05 bits per heavy atom. The van der Waals surface area contributed by atoms with Crippen molar-refractivity contribution in [1.82, 2.24) is 0 Å². The standard InChI is InChI=1S/C17H24N2OS/c1-13-6-7-15-14(12-13)17(9-11-21-16(18)19-17)8-4-2-3-5-10-20-15/h6-7,12H,2-5,8-11H2,1H3,(H2,18,19). The van der Waals surface area contributed by atoms with Crippen LogP contribution in [0.25, 0.3) is 0 Å². The summed E-state index contributed by atoms with van der Waals surface area (Å²) in [6, 6.07) is 6.49. The Morgan fingerprint density at radius 1 is 1.19 bits per heavy atom. The third-order valence-electron chi connectivity index (χ3n) is 4.47. The molecule has 1 aromatic rings. The monoisotopic (exact) mass is 304 g/mol. The van der Waals surface area contributed by atoms with E-state index in [0.717, 1.165) is 42.5 Å². The van der Waals surface area contributed by atoms with Gasteiger partial charge in [-0.3, -0.25) is 4.99 Å². The molecule has 0 amide bonds. The van der Waals surface area contributed by atoms with E-state index in [0.29, 0.717) is 0 Å². The lowest BCUT2D eigenvalue weighted by molar-refractivity contribution is 0.274. The fraction of sp³-hybridized carbons (Fsp3) is 0.588. The number of hydrogen-bond acceptors (Lipinski definition) is 4. The summed E-state index contributed by atoms with van der Waals surface area (Å²) in [6.07, 6.45) is 6.99. The highest BCUT2D eigenvalue weighted by atomic mass is 32.2. The van der Waals surface area contributed by atoms with Gasteiger partial charge in [-0.25, -0.2) is 0 Å². The lowest BCUT2D eigenvalue weighted by atomic mass is 9.81. The number of ether oxygens (including phenoxy) is 1. The molecule has 0 aromatic heterocycles. The van der Waals surface area contributed by atoms with Gasteiger partial charge in [-0.05, 0) is 38.3 Å². The Morgan fingerprint density at radius 3 is 2.90 bits per heavy atom. The second kappa shape index (κ2) is 6.30. The number of aliphatic imine (C=N–C) groups is 1. The van der Waals surface area contributed by atoms with Gasteiger partial charge in [0, 0.05) is 11.3 Å². The van der Waals surface area contributed by atoms with Gasteiger partial charge < -0.3 is 10.5 Å². The van der Waals surface area contributed by atoms with Crippen LogP contribution in [0.5, 0.6) is 5.75 Å². The van der Waals surface area contributed by atoms with Crippen LogP contribution in [0.1, 0.15) is 49.7 Å². The SMILES string of the molecule is Cc1ccc2c(c1)C1(CCCCCCO2)CCSC(N)=N1. The zero-order valence-corrected chi connectivity index (χ0v) is 13.5. The first-order chi connectivity index (χ1) is 10.2. The van der Waals surface area contributed by atoms with Crippen molar-refractivity contribution in [3.8, 4) is 5.75 Å². The Hall–Kier alpha value is -1.16. The molecular formula is C17H24N2OS. The quantitative estimate of drug-likeness (QED) is 0.788. The van der Waals surface area contributed by atoms with Gasteiger partial charge >= 0.3 is 0 Å². The second-order valence-electron chi connectivity index (χ2n) is 6.09. The summed E-state index contributed by atoms with van der Waals surface area (Å²) >= 11 is 1.67. The minimum Gasteiger partial charge on any atom is -0.493 e. The molecule has 1 atom stereocenters. The van der Waals surface area contributed by atoms with Crippen LogP contribution in [-0.4, -0.2) is 17.5 Å². The normalized spacial score (nSPS) is 26.6. The van der Waals surface area contributed by atoms with Crippen LogP contribution in [0, 0.1) is 6.92 Å². The van der Waals surface area contributed by atoms with Gasteiger partial charge in [-0.2, -0.15) is 0 Å². The molecule has 0 saturated carbocycles. The zero-order valence-electron chi connectivity index (χ0n) is 12.7. The third-order valence-corrected chi connectivity index (χ3v) is 5.26. The van der Waals surface area contributed by atoms with Crippen LogP contribution in [0.2, 0.25) is 0 Å². The van der Waals surface area contributed by atoms with Crippen molar-refractivity contribution in [2.75, 3.05) is 12.4 Å². The smallest absolute Gasteiger partial charge is 0.154 e. The molecule has 2 aliphatic rings. The molecule has 0 fully saturated rings. The van der Waals surface area contributed by atoms with E-state index in [1.807, 2.05) is 0 Å². The van der Waals surface area contributed by atoms with Gasteiger partial charge in [-0.15, -0.1) is 0 Å². The minimum atomic E-state index is -0.173. The van der Waals surface area contributed by atoms with Gasteiger partial charge in [0.15, 0.2) is 5.17 Å². The molecule has 4 heteroatoms. The minimum absolute atomic E-state index is 0.173. The van der Waals surface area contributed by atoms with Gasteiger partial charge in [-0.1, -0.05) is 42.7 Å². The van der Waals surface area contributed by atoms with Gasteiger partial charge in [0.25, 0.3) is 0 Å². The molecule has 1 unspecified atom stereocenters. The van der Waals surface area contributed by atoms with E-state index >= 15 is 0 Å². The van der Waals surface area contributed by atoms with E-state index < -0.39 is 0 Å². The van der Waals surface area contributed by atoms with Crippen molar-refractivity contribution in [2.45, 2.75) is 51.0 Å². The molecule has 1 spiro atoms.